The van der Waals surface area contributed by atoms with E-state index in [2.05, 4.69) is 44.9 Å². The van der Waals surface area contributed by atoms with Crippen LogP contribution in [0.4, 0.5) is 0 Å². The second-order valence-corrected chi connectivity index (χ2v) is 11.1. The number of hydrogen-bond acceptors (Lipinski definition) is 9. The Bertz CT molecular complexity index is 1010. The molecule has 2 aromatic rings. The molecule has 1 aliphatic carbocycles. The van der Waals surface area contributed by atoms with Gasteiger partial charge in [-0.1, -0.05) is 5.16 Å². The van der Waals surface area contributed by atoms with E-state index in [0.29, 0.717) is 18.4 Å². The van der Waals surface area contributed by atoms with Crippen molar-refractivity contribution in [3.05, 3.63) is 35.0 Å². The van der Waals surface area contributed by atoms with Crippen LogP contribution in [0.15, 0.2) is 21.6 Å². The smallest absolute Gasteiger partial charge is 0.316 e. The first-order valence-corrected chi connectivity index (χ1v) is 13.9. The van der Waals surface area contributed by atoms with E-state index in [1.54, 1.807) is 7.11 Å². The summed E-state index contributed by atoms with van der Waals surface area (Å²) in [7, 11) is 3.88. The van der Waals surface area contributed by atoms with Gasteiger partial charge in [-0.25, -0.2) is 0 Å². The number of thiol groups is 1. The molecule has 5 rings (SSSR count). The molecule has 2 saturated heterocycles. The average Bonchev–Trinajstić information content (AvgIpc) is 3.61. The number of aryl methyl sites for hydroxylation is 2. The summed E-state index contributed by atoms with van der Waals surface area (Å²) in [6.45, 7) is 11.5. The molecule has 1 atom stereocenters. The molecule has 1 aromatic carbocycles. The fourth-order valence-electron chi connectivity index (χ4n) is 5.03. The first-order valence-electron chi connectivity index (χ1n) is 13.4. The van der Waals surface area contributed by atoms with Gasteiger partial charge in [0.25, 0.3) is 0 Å². The standard InChI is InChI=1S/C18H30N6O2.C9H12OS/c1-22-6-2-3-14(12-22)13-23-7-9-24(10-8-23)18(25)17-20-16(21-26-17)11-19-15-4-5-15;1-6-4-8(10-3)5-7(2)9(6)11/h14-15,19H,2-13H2,1H3;4-5,11H,1-3H3. The predicted molar refractivity (Wildman–Crippen MR) is 146 cm³/mol. The van der Waals surface area contributed by atoms with Crippen LogP contribution in [-0.2, 0) is 6.54 Å². The maximum Gasteiger partial charge on any atom is 0.316 e. The molecule has 1 aromatic heterocycles. The number of nitrogens with one attached hydrogen (secondary N) is 1. The van der Waals surface area contributed by atoms with Gasteiger partial charge < -0.3 is 24.4 Å². The fraction of sp³-hybridized carbons (Fsp3) is 0.667. The first kappa shape index (κ1) is 27.9. The summed E-state index contributed by atoms with van der Waals surface area (Å²) in [6, 6.07) is 4.55. The second kappa shape index (κ2) is 13.1. The molecule has 1 unspecified atom stereocenters. The van der Waals surface area contributed by atoms with Crippen LogP contribution in [0, 0.1) is 19.8 Å². The van der Waals surface area contributed by atoms with Crippen molar-refractivity contribution in [2.45, 2.75) is 57.0 Å². The maximum atomic E-state index is 12.6. The second-order valence-electron chi connectivity index (χ2n) is 10.6. The molecular weight excluding hydrogens is 488 g/mol. The van der Waals surface area contributed by atoms with E-state index >= 15 is 0 Å². The van der Waals surface area contributed by atoms with Crippen molar-refractivity contribution in [1.82, 2.24) is 30.2 Å². The molecule has 37 heavy (non-hydrogen) atoms. The predicted octanol–water partition coefficient (Wildman–Crippen LogP) is 3.02. The topological polar surface area (TPSA) is 87.0 Å². The van der Waals surface area contributed by atoms with E-state index < -0.39 is 0 Å². The Morgan fingerprint density at radius 1 is 1.14 bits per heavy atom. The Morgan fingerprint density at radius 3 is 2.46 bits per heavy atom. The molecule has 2 aliphatic heterocycles. The van der Waals surface area contributed by atoms with Crippen molar-refractivity contribution < 1.29 is 14.1 Å². The van der Waals surface area contributed by atoms with Crippen molar-refractivity contribution >= 4 is 18.5 Å². The van der Waals surface area contributed by atoms with Gasteiger partial charge in [0.05, 0.1) is 13.7 Å². The third kappa shape index (κ3) is 8.17. The lowest BCUT2D eigenvalue weighted by Gasteiger charge is -2.38. The van der Waals surface area contributed by atoms with E-state index in [0.717, 1.165) is 60.4 Å². The number of nitrogens with zero attached hydrogens (tertiary/aromatic N) is 5. The lowest BCUT2D eigenvalue weighted by atomic mass is 9.97. The van der Waals surface area contributed by atoms with Crippen molar-refractivity contribution in [2.24, 2.45) is 5.92 Å². The van der Waals surface area contributed by atoms with Crippen molar-refractivity contribution in [2.75, 3.05) is 60.0 Å². The fourth-order valence-corrected chi connectivity index (χ4v) is 5.16. The quantitative estimate of drug-likeness (QED) is 0.529. The Labute approximate surface area is 226 Å². The van der Waals surface area contributed by atoms with Crippen molar-refractivity contribution in [1.29, 1.82) is 0 Å². The van der Waals surface area contributed by atoms with Gasteiger partial charge in [-0.15, -0.1) is 12.6 Å². The average molecular weight is 531 g/mol. The zero-order valence-electron chi connectivity index (χ0n) is 22.7. The summed E-state index contributed by atoms with van der Waals surface area (Å²) in [5, 5.41) is 7.25. The summed E-state index contributed by atoms with van der Waals surface area (Å²) in [5.74, 6) is 2.22. The largest absolute Gasteiger partial charge is 0.497 e. The number of benzene rings is 1. The molecule has 3 heterocycles. The molecule has 0 spiro atoms. The number of carbonyl (C=O) groups is 1. The van der Waals surface area contributed by atoms with Crippen LogP contribution in [0.5, 0.6) is 5.75 Å². The van der Waals surface area contributed by atoms with Crippen molar-refractivity contribution in [3.63, 3.8) is 0 Å². The number of amides is 1. The van der Waals surface area contributed by atoms with Crippen LogP contribution in [0.1, 0.15) is 53.3 Å². The third-order valence-corrected chi connectivity index (χ3v) is 8.08. The highest BCUT2D eigenvalue weighted by atomic mass is 32.1. The molecule has 3 aliphatic rings. The zero-order chi connectivity index (χ0) is 26.4. The number of ether oxygens (including phenoxy) is 1. The van der Waals surface area contributed by atoms with Gasteiger partial charge in [-0.05, 0) is 82.3 Å². The molecule has 204 valence electrons. The van der Waals surface area contributed by atoms with Gasteiger partial charge in [0, 0.05) is 50.2 Å². The van der Waals surface area contributed by atoms with Gasteiger partial charge in [0.1, 0.15) is 5.75 Å². The lowest BCUT2D eigenvalue weighted by molar-refractivity contribution is 0.0544. The van der Waals surface area contributed by atoms with Crippen molar-refractivity contribution in [3.8, 4) is 5.75 Å². The van der Waals surface area contributed by atoms with Crippen LogP contribution in [-0.4, -0.2) is 96.8 Å². The Balaban J connectivity index is 0.000000245. The molecule has 0 radical (unpaired) electrons. The van der Waals surface area contributed by atoms with E-state index in [1.165, 1.54) is 38.8 Å². The summed E-state index contributed by atoms with van der Waals surface area (Å²) < 4.78 is 10.3. The van der Waals surface area contributed by atoms with E-state index in [4.69, 9.17) is 9.26 Å². The summed E-state index contributed by atoms with van der Waals surface area (Å²) >= 11 is 4.34. The third-order valence-electron chi connectivity index (χ3n) is 7.38. The van der Waals surface area contributed by atoms with Crippen LogP contribution < -0.4 is 10.1 Å². The molecule has 3 fully saturated rings. The monoisotopic (exact) mass is 530 g/mol. The first-order chi connectivity index (χ1) is 17.8. The summed E-state index contributed by atoms with van der Waals surface area (Å²) in [6.07, 6.45) is 5.05. The summed E-state index contributed by atoms with van der Waals surface area (Å²) in [5.41, 5.74) is 2.32. The van der Waals surface area contributed by atoms with Gasteiger partial charge in [-0.3, -0.25) is 9.69 Å². The minimum atomic E-state index is -0.132. The Hall–Kier alpha value is -2.14. The Kier molecular flexibility index (Phi) is 9.86. The molecule has 10 heteroatoms. The van der Waals surface area contributed by atoms with Crippen LogP contribution >= 0.6 is 12.6 Å². The van der Waals surface area contributed by atoms with Gasteiger partial charge in [-0.2, -0.15) is 4.98 Å². The summed E-state index contributed by atoms with van der Waals surface area (Å²) in [4.78, 5) is 24.7. The number of hydrogen-bond donors (Lipinski definition) is 2. The minimum Gasteiger partial charge on any atom is -0.497 e. The van der Waals surface area contributed by atoms with Crippen LogP contribution in [0.25, 0.3) is 0 Å². The Morgan fingerprint density at radius 2 is 1.84 bits per heavy atom. The van der Waals surface area contributed by atoms with E-state index in [1.807, 2.05) is 30.9 Å². The van der Waals surface area contributed by atoms with Gasteiger partial charge >= 0.3 is 11.8 Å². The number of likely N-dealkylation sites (tertiary alicyclic amines) is 1. The highest BCUT2D eigenvalue weighted by Crippen LogP contribution is 2.24. The highest BCUT2D eigenvalue weighted by Gasteiger charge is 2.28. The molecule has 0 bridgehead atoms. The molecular formula is C27H42N6O3S. The van der Waals surface area contributed by atoms with E-state index in [-0.39, 0.29) is 11.8 Å². The number of carbonyl (C=O) groups excluding carboxylic acids is 1. The minimum absolute atomic E-state index is 0.125. The zero-order valence-corrected chi connectivity index (χ0v) is 23.6. The van der Waals surface area contributed by atoms with Gasteiger partial charge in [0.15, 0.2) is 5.82 Å². The SMILES string of the molecule is CN1CCCC(CN2CCN(C(=O)c3nc(CNC4CC4)no3)CC2)C1.COc1cc(C)c(S)c(C)c1. The van der Waals surface area contributed by atoms with Crippen LogP contribution in [0.3, 0.4) is 0 Å². The molecule has 1 N–H and O–H groups in total. The molecule has 9 nitrogen and oxygen atoms in total. The number of methoxy groups -OCH3 is 1. The molecule has 1 amide bonds. The van der Waals surface area contributed by atoms with E-state index in [9.17, 15) is 4.79 Å². The number of aromatic nitrogens is 2. The maximum absolute atomic E-state index is 12.6. The number of rotatable bonds is 7. The number of piperazine rings is 1. The lowest BCUT2D eigenvalue weighted by Crippen LogP contribution is -2.51. The normalized spacial score (nSPS) is 20.9. The van der Waals surface area contributed by atoms with Crippen LogP contribution in [0.2, 0.25) is 0 Å². The highest BCUT2D eigenvalue weighted by molar-refractivity contribution is 7.80. The molecule has 1 saturated carbocycles. The number of piperidine rings is 1. The van der Waals surface area contributed by atoms with Gasteiger partial charge in [0.2, 0.25) is 0 Å².